The molecule has 0 saturated heterocycles. The highest BCUT2D eigenvalue weighted by Crippen LogP contribution is 2.09. The molecule has 0 spiro atoms. The molecule has 2 unspecified atom stereocenters. The lowest BCUT2D eigenvalue weighted by molar-refractivity contribution is 0.276. The monoisotopic (exact) mass is 201 g/mol. The van der Waals surface area contributed by atoms with E-state index in [0.29, 0.717) is 6.04 Å². The van der Waals surface area contributed by atoms with E-state index >= 15 is 0 Å². The van der Waals surface area contributed by atoms with Gasteiger partial charge in [0.15, 0.2) is 0 Å². The molecule has 0 aliphatic heterocycles. The van der Waals surface area contributed by atoms with Crippen LogP contribution in [0.4, 0.5) is 0 Å². The van der Waals surface area contributed by atoms with E-state index in [2.05, 4.69) is 24.1 Å². The highest BCUT2D eigenvalue weighted by atomic mass is 32.2. The molecule has 0 bridgehead atoms. The zero-order chi connectivity index (χ0) is 10.1. The molecule has 3 heteroatoms. The van der Waals surface area contributed by atoms with Crippen LogP contribution in [0.15, 0.2) is 0 Å². The molecule has 0 aromatic rings. The van der Waals surface area contributed by atoms with Gasteiger partial charge >= 0.3 is 0 Å². The Morgan fingerprint density at radius 2 is 2.23 bits per heavy atom. The van der Waals surface area contributed by atoms with E-state index in [1.165, 1.54) is 0 Å². The van der Waals surface area contributed by atoms with Crippen LogP contribution >= 0.6 is 11.8 Å². The standard InChI is InChI=1S/C10H19NOS/c1-4-5-6-7-11-9(2)10(8-12)13-3/h9-12H,6-8H2,1-3H3. The summed E-state index contributed by atoms with van der Waals surface area (Å²) in [5, 5.41) is 12.6. The summed E-state index contributed by atoms with van der Waals surface area (Å²) in [5.74, 6) is 5.85. The average Bonchev–Trinajstić information content (AvgIpc) is 2.14. The van der Waals surface area contributed by atoms with E-state index in [-0.39, 0.29) is 11.9 Å². The second-order valence-corrected chi connectivity index (χ2v) is 3.95. The summed E-state index contributed by atoms with van der Waals surface area (Å²) < 4.78 is 0. The van der Waals surface area contributed by atoms with Crippen molar-refractivity contribution < 1.29 is 5.11 Å². The van der Waals surface area contributed by atoms with E-state index in [1.807, 2.05) is 13.2 Å². The Labute approximate surface area is 85.5 Å². The van der Waals surface area contributed by atoms with Gasteiger partial charge in [0.2, 0.25) is 0 Å². The SMILES string of the molecule is CC#CCCNC(C)C(CO)SC. The maximum absolute atomic E-state index is 9.01. The molecule has 76 valence electrons. The maximum atomic E-state index is 9.01. The predicted octanol–water partition coefficient (Wildman–Crippen LogP) is 1.10. The molecule has 2 nitrogen and oxygen atoms in total. The van der Waals surface area contributed by atoms with E-state index in [0.717, 1.165) is 13.0 Å². The minimum atomic E-state index is 0.231. The quantitative estimate of drug-likeness (QED) is 0.498. The fourth-order valence-electron chi connectivity index (χ4n) is 1.06. The maximum Gasteiger partial charge on any atom is 0.0564 e. The van der Waals surface area contributed by atoms with Crippen LogP contribution in [0, 0.1) is 11.8 Å². The molecule has 0 heterocycles. The first-order chi connectivity index (χ1) is 6.26. The van der Waals surface area contributed by atoms with Crippen molar-refractivity contribution in [3.63, 3.8) is 0 Å². The summed E-state index contributed by atoms with van der Waals surface area (Å²) in [6.07, 6.45) is 2.90. The van der Waals surface area contributed by atoms with Gasteiger partial charge in [-0.15, -0.1) is 11.8 Å². The summed E-state index contributed by atoms with van der Waals surface area (Å²) in [4.78, 5) is 0. The van der Waals surface area contributed by atoms with Crippen molar-refractivity contribution in [1.29, 1.82) is 0 Å². The molecule has 0 fully saturated rings. The fourth-order valence-corrected chi connectivity index (χ4v) is 1.71. The largest absolute Gasteiger partial charge is 0.395 e. The van der Waals surface area contributed by atoms with Gasteiger partial charge < -0.3 is 10.4 Å². The van der Waals surface area contributed by atoms with Crippen molar-refractivity contribution in [3.8, 4) is 11.8 Å². The third kappa shape index (κ3) is 5.98. The average molecular weight is 201 g/mol. The predicted molar refractivity (Wildman–Crippen MR) is 59.9 cm³/mol. The second-order valence-electron chi connectivity index (χ2n) is 2.88. The first-order valence-electron chi connectivity index (χ1n) is 4.52. The lowest BCUT2D eigenvalue weighted by atomic mass is 10.2. The highest BCUT2D eigenvalue weighted by Gasteiger charge is 2.13. The first-order valence-corrected chi connectivity index (χ1v) is 5.81. The number of aliphatic hydroxyl groups is 1. The normalized spacial score (nSPS) is 14.5. The van der Waals surface area contributed by atoms with Gasteiger partial charge in [-0.1, -0.05) is 0 Å². The number of hydrogen-bond acceptors (Lipinski definition) is 3. The van der Waals surface area contributed by atoms with E-state index < -0.39 is 0 Å². The second kappa shape index (κ2) is 8.43. The van der Waals surface area contributed by atoms with Crippen molar-refractivity contribution in [1.82, 2.24) is 5.32 Å². The number of aliphatic hydroxyl groups excluding tert-OH is 1. The van der Waals surface area contributed by atoms with Crippen molar-refractivity contribution in [3.05, 3.63) is 0 Å². The van der Waals surface area contributed by atoms with Gasteiger partial charge in [-0.2, -0.15) is 11.8 Å². The molecule has 0 radical (unpaired) electrons. The van der Waals surface area contributed by atoms with Crippen molar-refractivity contribution in [2.75, 3.05) is 19.4 Å². The smallest absolute Gasteiger partial charge is 0.0564 e. The van der Waals surface area contributed by atoms with Crippen molar-refractivity contribution in [2.45, 2.75) is 31.6 Å². The topological polar surface area (TPSA) is 32.3 Å². The van der Waals surface area contributed by atoms with Gasteiger partial charge in [0.05, 0.1) is 6.61 Å². The van der Waals surface area contributed by atoms with Crippen LogP contribution in [-0.2, 0) is 0 Å². The molecule has 0 aromatic carbocycles. The zero-order valence-electron chi connectivity index (χ0n) is 8.63. The number of rotatable bonds is 6. The van der Waals surface area contributed by atoms with Gasteiger partial charge in [0.1, 0.15) is 0 Å². The lowest BCUT2D eigenvalue weighted by Crippen LogP contribution is -2.37. The van der Waals surface area contributed by atoms with Crippen LogP contribution in [0.3, 0.4) is 0 Å². The van der Waals surface area contributed by atoms with Crippen molar-refractivity contribution in [2.24, 2.45) is 0 Å². The Balaban J connectivity index is 3.57. The number of hydrogen-bond donors (Lipinski definition) is 2. The highest BCUT2D eigenvalue weighted by molar-refractivity contribution is 7.99. The van der Waals surface area contributed by atoms with Crippen LogP contribution in [0.25, 0.3) is 0 Å². The number of thioether (sulfide) groups is 1. The van der Waals surface area contributed by atoms with Crippen LogP contribution in [0.1, 0.15) is 20.3 Å². The van der Waals surface area contributed by atoms with E-state index in [1.54, 1.807) is 11.8 Å². The van der Waals surface area contributed by atoms with E-state index in [9.17, 15) is 0 Å². The summed E-state index contributed by atoms with van der Waals surface area (Å²) in [7, 11) is 0. The molecule has 2 atom stereocenters. The van der Waals surface area contributed by atoms with Gasteiger partial charge in [-0.3, -0.25) is 0 Å². The Morgan fingerprint density at radius 1 is 1.54 bits per heavy atom. The minimum absolute atomic E-state index is 0.231. The summed E-state index contributed by atoms with van der Waals surface area (Å²) in [6.45, 7) is 5.08. The molecule has 0 saturated carbocycles. The Kier molecular flexibility index (Phi) is 8.32. The lowest BCUT2D eigenvalue weighted by Gasteiger charge is -2.20. The molecule has 0 amide bonds. The molecule has 0 rings (SSSR count). The third-order valence-corrected chi connectivity index (χ3v) is 3.10. The Bertz CT molecular complexity index is 169. The minimum Gasteiger partial charge on any atom is -0.395 e. The van der Waals surface area contributed by atoms with Gasteiger partial charge in [-0.05, 0) is 20.1 Å². The first kappa shape index (κ1) is 12.8. The number of nitrogens with one attached hydrogen (secondary N) is 1. The Morgan fingerprint density at radius 3 is 2.69 bits per heavy atom. The summed E-state index contributed by atoms with van der Waals surface area (Å²) >= 11 is 1.69. The zero-order valence-corrected chi connectivity index (χ0v) is 9.45. The fraction of sp³-hybridized carbons (Fsp3) is 0.800. The molecule has 2 N–H and O–H groups in total. The summed E-state index contributed by atoms with van der Waals surface area (Å²) in [5.41, 5.74) is 0. The van der Waals surface area contributed by atoms with Gasteiger partial charge in [0.25, 0.3) is 0 Å². The van der Waals surface area contributed by atoms with Crippen LogP contribution in [0.2, 0.25) is 0 Å². The van der Waals surface area contributed by atoms with Crippen LogP contribution in [-0.4, -0.2) is 35.8 Å². The molecule has 0 aliphatic rings. The van der Waals surface area contributed by atoms with Crippen LogP contribution in [0.5, 0.6) is 0 Å². The summed E-state index contributed by atoms with van der Waals surface area (Å²) in [6, 6.07) is 0.346. The molecular weight excluding hydrogens is 182 g/mol. The molecule has 0 aliphatic carbocycles. The molecular formula is C10H19NOS. The van der Waals surface area contributed by atoms with Gasteiger partial charge in [-0.25, -0.2) is 0 Å². The molecule has 0 aromatic heterocycles. The van der Waals surface area contributed by atoms with Crippen LogP contribution < -0.4 is 5.32 Å². The van der Waals surface area contributed by atoms with E-state index in [4.69, 9.17) is 5.11 Å². The third-order valence-electron chi connectivity index (χ3n) is 1.93. The Hall–Kier alpha value is -0.170. The molecule has 13 heavy (non-hydrogen) atoms. The van der Waals surface area contributed by atoms with Crippen molar-refractivity contribution >= 4 is 11.8 Å². The van der Waals surface area contributed by atoms with Gasteiger partial charge in [0, 0.05) is 24.3 Å².